The van der Waals surface area contributed by atoms with E-state index in [4.69, 9.17) is 20.6 Å². The van der Waals surface area contributed by atoms with Crippen molar-refractivity contribution in [3.05, 3.63) is 35.0 Å². The Morgan fingerprint density at radius 2 is 1.55 bits per heavy atom. The highest BCUT2D eigenvalue weighted by molar-refractivity contribution is 7.55. The molecule has 9 nitrogen and oxygen atoms in total. The number of aryl methyl sites for hydroxylation is 1. The van der Waals surface area contributed by atoms with Crippen LogP contribution in [0.5, 0.6) is 0 Å². The highest BCUT2D eigenvalue weighted by atomic mass is 35.5. The Labute approximate surface area is 243 Å². The number of aromatic amines is 1. The van der Waals surface area contributed by atoms with Crippen molar-refractivity contribution in [1.82, 2.24) is 19.8 Å². The average Bonchev–Trinajstić information content (AvgIpc) is 3.46. The zero-order valence-corrected chi connectivity index (χ0v) is 26.0. The van der Waals surface area contributed by atoms with Crippen molar-refractivity contribution in [3.8, 4) is 11.4 Å². The van der Waals surface area contributed by atoms with Crippen molar-refractivity contribution in [1.29, 1.82) is 0 Å². The molecule has 0 aliphatic heterocycles. The summed E-state index contributed by atoms with van der Waals surface area (Å²) in [4.78, 5) is 17.9. The summed E-state index contributed by atoms with van der Waals surface area (Å²) in [5, 5.41) is 10.9. The Bertz CT molecular complexity index is 1230. The van der Waals surface area contributed by atoms with Crippen LogP contribution < -0.4 is 5.32 Å². The molecule has 0 radical (unpaired) electrons. The fourth-order valence-electron chi connectivity index (χ4n) is 4.79. The third-order valence-corrected chi connectivity index (χ3v) is 9.90. The molecule has 0 saturated carbocycles. The molecule has 2 aromatic heterocycles. The van der Waals surface area contributed by atoms with Crippen LogP contribution in [0.3, 0.4) is 0 Å². The topological polar surface area (TPSA) is 111 Å². The quantitative estimate of drug-likeness (QED) is 0.106. The van der Waals surface area contributed by atoms with Gasteiger partial charge in [-0.05, 0) is 51.5 Å². The number of hydrogen-bond donors (Lipinski definition) is 2. The SMILES string of the molecule is CCCCCCCCCCCCC(C(=O)Nc1ccc(-c2nc3c(Cl)c(C)[nH]n3n2)cc1)P(=O)(OCC)OCC. The zero-order valence-electron chi connectivity index (χ0n) is 24.4. The van der Waals surface area contributed by atoms with E-state index in [-0.39, 0.29) is 19.1 Å². The largest absolute Gasteiger partial charge is 0.343 e. The average molecular weight is 594 g/mol. The van der Waals surface area contributed by atoms with Gasteiger partial charge in [0.25, 0.3) is 0 Å². The summed E-state index contributed by atoms with van der Waals surface area (Å²) in [7, 11) is -3.63. The summed E-state index contributed by atoms with van der Waals surface area (Å²) >= 11 is 6.28. The van der Waals surface area contributed by atoms with Gasteiger partial charge in [0.05, 0.1) is 18.9 Å². The third kappa shape index (κ3) is 8.90. The summed E-state index contributed by atoms with van der Waals surface area (Å²) in [6.07, 6.45) is 12.3. The maximum Gasteiger partial charge on any atom is 0.343 e. The van der Waals surface area contributed by atoms with Crippen LogP contribution in [-0.2, 0) is 18.4 Å². The lowest BCUT2D eigenvalue weighted by molar-refractivity contribution is -0.116. The molecule has 1 amide bonds. The van der Waals surface area contributed by atoms with Gasteiger partial charge >= 0.3 is 7.60 Å². The van der Waals surface area contributed by atoms with E-state index in [1.54, 1.807) is 30.6 Å². The van der Waals surface area contributed by atoms with Crippen molar-refractivity contribution in [2.24, 2.45) is 0 Å². The van der Waals surface area contributed by atoms with Crippen molar-refractivity contribution in [2.75, 3.05) is 18.5 Å². The second-order valence-electron chi connectivity index (χ2n) is 10.2. The van der Waals surface area contributed by atoms with Gasteiger partial charge in [-0.2, -0.15) is 4.63 Å². The normalized spacial score (nSPS) is 12.7. The minimum absolute atomic E-state index is 0.211. The molecular weight excluding hydrogens is 549 g/mol. The molecule has 0 bridgehead atoms. The van der Waals surface area contributed by atoms with E-state index in [1.807, 2.05) is 19.1 Å². The third-order valence-electron chi connectivity index (χ3n) is 6.95. The molecular formula is C29H45ClN5O4P. The molecule has 0 aliphatic carbocycles. The number of nitrogens with zero attached hydrogens (tertiary/aromatic N) is 3. The standard InChI is InChI=1S/C29H45ClN5O4P/c1-5-8-9-10-11-12-13-14-15-16-17-25(40(37,38-6-2)39-7-3)29(36)31-24-20-18-23(19-21-24)27-32-28-26(30)22(4)33-35(28)34-27/h18-21,25,33H,5-17H2,1-4H3,(H,31,36). The molecule has 3 aromatic rings. The molecule has 0 aliphatic rings. The molecule has 2 heterocycles. The van der Waals surface area contributed by atoms with E-state index in [2.05, 4.69) is 27.4 Å². The molecule has 2 N–H and O–H groups in total. The first-order chi connectivity index (χ1) is 19.3. The number of halogens is 1. The Morgan fingerprint density at radius 3 is 2.10 bits per heavy atom. The summed E-state index contributed by atoms with van der Waals surface area (Å²) in [5.41, 5.74) is 1.84. The van der Waals surface area contributed by atoms with Gasteiger partial charge in [-0.15, -0.1) is 5.10 Å². The number of carbonyl (C=O) groups excluding carboxylic acids is 1. The van der Waals surface area contributed by atoms with Crippen LogP contribution in [0.4, 0.5) is 5.69 Å². The molecule has 0 saturated heterocycles. The number of carbonyl (C=O) groups is 1. The van der Waals surface area contributed by atoms with Crippen LogP contribution in [0.15, 0.2) is 24.3 Å². The first kappa shape index (κ1) is 32.3. The van der Waals surface area contributed by atoms with Crippen LogP contribution in [-0.4, -0.2) is 44.6 Å². The maximum absolute atomic E-state index is 13.6. The fraction of sp³-hybridized carbons (Fsp3) is 0.621. The van der Waals surface area contributed by atoms with E-state index < -0.39 is 13.3 Å². The van der Waals surface area contributed by atoms with E-state index in [1.165, 1.54) is 44.9 Å². The van der Waals surface area contributed by atoms with Crippen molar-refractivity contribution < 1.29 is 18.4 Å². The first-order valence-corrected chi connectivity index (χ1v) is 16.7. The fourth-order valence-corrected chi connectivity index (χ4v) is 6.96. The summed E-state index contributed by atoms with van der Waals surface area (Å²) in [5.74, 6) is 0.159. The Kier molecular flexibility index (Phi) is 13.2. The number of unbranched alkanes of at least 4 members (excludes halogenated alkanes) is 9. The molecule has 40 heavy (non-hydrogen) atoms. The predicted octanol–water partition coefficient (Wildman–Crippen LogP) is 8.57. The van der Waals surface area contributed by atoms with Gasteiger partial charge in [0, 0.05) is 11.3 Å². The van der Waals surface area contributed by atoms with Crippen LogP contribution in [0, 0.1) is 6.92 Å². The predicted molar refractivity (Wildman–Crippen MR) is 162 cm³/mol. The lowest BCUT2D eigenvalue weighted by Crippen LogP contribution is -2.29. The van der Waals surface area contributed by atoms with Gasteiger partial charge in [-0.25, -0.2) is 4.98 Å². The number of amides is 1. The molecule has 1 unspecified atom stereocenters. The number of nitrogens with one attached hydrogen (secondary N) is 2. The minimum Gasteiger partial charge on any atom is -0.325 e. The highest BCUT2D eigenvalue weighted by Crippen LogP contribution is 2.55. The molecule has 222 valence electrons. The van der Waals surface area contributed by atoms with Gasteiger partial charge in [0.1, 0.15) is 10.7 Å². The van der Waals surface area contributed by atoms with Gasteiger partial charge in [0.2, 0.25) is 5.91 Å². The summed E-state index contributed by atoms with van der Waals surface area (Å²) in [6.45, 7) is 8.04. The second kappa shape index (κ2) is 16.3. The summed E-state index contributed by atoms with van der Waals surface area (Å²) < 4.78 is 26.4. The second-order valence-corrected chi connectivity index (χ2v) is 12.7. The smallest absolute Gasteiger partial charge is 0.325 e. The monoisotopic (exact) mass is 593 g/mol. The number of hydrogen-bond acceptors (Lipinski definition) is 6. The number of H-pyrrole nitrogens is 1. The lowest BCUT2D eigenvalue weighted by Gasteiger charge is -2.25. The van der Waals surface area contributed by atoms with Crippen molar-refractivity contribution in [3.63, 3.8) is 0 Å². The van der Waals surface area contributed by atoms with Crippen LogP contribution >= 0.6 is 19.2 Å². The van der Waals surface area contributed by atoms with Gasteiger partial charge in [-0.3, -0.25) is 14.5 Å². The van der Waals surface area contributed by atoms with Gasteiger partial charge in [-0.1, -0.05) is 82.7 Å². The van der Waals surface area contributed by atoms with Crippen LogP contribution in [0.2, 0.25) is 5.02 Å². The number of rotatable bonds is 19. The van der Waals surface area contributed by atoms with Crippen molar-refractivity contribution >= 4 is 36.4 Å². The highest BCUT2D eigenvalue weighted by Gasteiger charge is 2.40. The number of benzene rings is 1. The van der Waals surface area contributed by atoms with Crippen LogP contribution in [0.25, 0.3) is 17.0 Å². The molecule has 0 spiro atoms. The molecule has 11 heteroatoms. The number of anilines is 1. The van der Waals surface area contributed by atoms with E-state index in [0.717, 1.165) is 30.5 Å². The van der Waals surface area contributed by atoms with Gasteiger partial charge in [0.15, 0.2) is 11.5 Å². The number of fused-ring (bicyclic) bond motifs is 1. The van der Waals surface area contributed by atoms with E-state index in [0.29, 0.717) is 28.6 Å². The van der Waals surface area contributed by atoms with Crippen molar-refractivity contribution in [2.45, 2.75) is 104 Å². The molecule has 1 aromatic carbocycles. The number of aromatic nitrogens is 4. The Balaban J connectivity index is 1.60. The maximum atomic E-state index is 13.6. The van der Waals surface area contributed by atoms with Gasteiger partial charge < -0.3 is 14.4 Å². The van der Waals surface area contributed by atoms with E-state index in [9.17, 15) is 9.36 Å². The first-order valence-electron chi connectivity index (χ1n) is 14.7. The zero-order chi connectivity index (χ0) is 29.0. The Hall–Kier alpha value is -2.19. The minimum atomic E-state index is -3.63. The molecule has 1 atom stereocenters. The summed E-state index contributed by atoms with van der Waals surface area (Å²) in [6, 6.07) is 7.21. The van der Waals surface area contributed by atoms with E-state index >= 15 is 0 Å². The molecule has 3 rings (SSSR count). The Morgan fingerprint density at radius 1 is 0.975 bits per heavy atom. The van der Waals surface area contributed by atoms with Crippen LogP contribution in [0.1, 0.15) is 97.1 Å². The lowest BCUT2D eigenvalue weighted by atomic mass is 10.0. The molecule has 0 fully saturated rings.